The standard InChI is InChI=1S/C48H27N3S2/c1-2-12-28(13-3-1)29-22-24-31(25-23-29)42-47(49-43-36-19-9-11-21-39(36)52-48(43)50-42)51-38-20-10-8-18-35(38)40-41-37-27-26-30-14-4-5-15-32(30)45(37)53-46(41)34-17-7-6-16-33(34)44(40)51/h1-27H. The van der Waals surface area contributed by atoms with Gasteiger partial charge in [-0.1, -0.05) is 152 Å². The number of thiophene rings is 2. The average Bonchev–Trinajstić information content (AvgIpc) is 3.91. The zero-order valence-electron chi connectivity index (χ0n) is 28.2. The Labute approximate surface area is 311 Å². The van der Waals surface area contributed by atoms with E-state index in [0.717, 1.165) is 43.8 Å². The van der Waals surface area contributed by atoms with Crippen LogP contribution in [0.1, 0.15) is 0 Å². The number of hydrogen-bond acceptors (Lipinski definition) is 4. The monoisotopic (exact) mass is 709 g/mol. The zero-order valence-corrected chi connectivity index (χ0v) is 29.9. The zero-order chi connectivity index (χ0) is 34.6. The summed E-state index contributed by atoms with van der Waals surface area (Å²) in [5.74, 6) is 0.842. The second kappa shape index (κ2) is 11.1. The Balaban J connectivity index is 1.26. The normalized spacial score (nSPS) is 12.2. The average molecular weight is 710 g/mol. The number of hydrogen-bond donors (Lipinski definition) is 0. The summed E-state index contributed by atoms with van der Waals surface area (Å²) in [5.41, 5.74) is 7.50. The fraction of sp³-hybridized carbons (Fsp3) is 0. The number of nitrogens with zero attached hydrogens (tertiary/aromatic N) is 3. The quantitative estimate of drug-likeness (QED) is 0.183. The Bertz CT molecular complexity index is 3440. The lowest BCUT2D eigenvalue weighted by Gasteiger charge is -2.14. The lowest BCUT2D eigenvalue weighted by Crippen LogP contribution is -2.03. The molecule has 0 aliphatic rings. The van der Waals surface area contributed by atoms with Crippen molar-refractivity contribution >= 4 is 107 Å². The van der Waals surface area contributed by atoms with Gasteiger partial charge in [0.2, 0.25) is 0 Å². The van der Waals surface area contributed by atoms with Gasteiger partial charge in [0.1, 0.15) is 16.0 Å². The number of benzene rings is 8. The fourth-order valence-corrected chi connectivity index (χ4v) is 10.8. The first-order chi connectivity index (χ1) is 26.3. The van der Waals surface area contributed by atoms with E-state index in [9.17, 15) is 0 Å². The minimum atomic E-state index is 0.842. The second-order valence-electron chi connectivity index (χ2n) is 13.7. The van der Waals surface area contributed by atoms with E-state index in [2.05, 4.69) is 168 Å². The first-order valence-corrected chi connectivity index (χ1v) is 19.5. The molecule has 12 aromatic rings. The van der Waals surface area contributed by atoms with E-state index < -0.39 is 0 Å². The van der Waals surface area contributed by atoms with Gasteiger partial charge in [0.15, 0.2) is 5.82 Å². The van der Waals surface area contributed by atoms with Crippen LogP contribution in [0.2, 0.25) is 0 Å². The van der Waals surface area contributed by atoms with E-state index in [1.165, 1.54) is 68.3 Å². The molecule has 0 N–H and O–H groups in total. The summed E-state index contributed by atoms with van der Waals surface area (Å²) < 4.78 is 6.26. The molecule has 4 heterocycles. The highest BCUT2D eigenvalue weighted by molar-refractivity contribution is 7.28. The predicted molar refractivity (Wildman–Crippen MR) is 228 cm³/mol. The third-order valence-corrected chi connectivity index (χ3v) is 13.1. The Hall–Kier alpha value is -6.40. The van der Waals surface area contributed by atoms with Gasteiger partial charge < -0.3 is 0 Å². The third-order valence-electron chi connectivity index (χ3n) is 10.8. The van der Waals surface area contributed by atoms with Gasteiger partial charge in [-0.15, -0.1) is 22.7 Å². The number of rotatable bonds is 3. The Morgan fingerprint density at radius 3 is 1.92 bits per heavy atom. The smallest absolute Gasteiger partial charge is 0.165 e. The molecule has 0 spiro atoms. The topological polar surface area (TPSA) is 30.7 Å². The van der Waals surface area contributed by atoms with Crippen LogP contribution in [0, 0.1) is 0 Å². The van der Waals surface area contributed by atoms with E-state index in [0.29, 0.717) is 0 Å². The number of fused-ring (bicyclic) bond motifs is 15. The van der Waals surface area contributed by atoms with Crippen molar-refractivity contribution < 1.29 is 0 Å². The molecule has 53 heavy (non-hydrogen) atoms. The molecule has 0 saturated carbocycles. The van der Waals surface area contributed by atoms with Crippen molar-refractivity contribution in [3.8, 4) is 28.2 Å². The van der Waals surface area contributed by atoms with Gasteiger partial charge in [-0.3, -0.25) is 4.57 Å². The molecular weight excluding hydrogens is 683 g/mol. The van der Waals surface area contributed by atoms with E-state index in [-0.39, 0.29) is 0 Å². The Morgan fingerprint density at radius 1 is 0.415 bits per heavy atom. The summed E-state index contributed by atoms with van der Waals surface area (Å²) in [5, 5.41) is 11.3. The maximum atomic E-state index is 5.65. The fourth-order valence-electron chi connectivity index (χ4n) is 8.43. The molecule has 0 aliphatic carbocycles. The summed E-state index contributed by atoms with van der Waals surface area (Å²) in [7, 11) is 0. The molecule has 4 aromatic heterocycles. The first kappa shape index (κ1) is 29.2. The van der Waals surface area contributed by atoms with Crippen LogP contribution >= 0.6 is 22.7 Å². The maximum absolute atomic E-state index is 5.65. The van der Waals surface area contributed by atoms with Crippen LogP contribution in [-0.2, 0) is 0 Å². The first-order valence-electron chi connectivity index (χ1n) is 17.8. The van der Waals surface area contributed by atoms with Crippen molar-refractivity contribution in [2.24, 2.45) is 0 Å². The van der Waals surface area contributed by atoms with Crippen LogP contribution in [0.5, 0.6) is 0 Å². The predicted octanol–water partition coefficient (Wildman–Crippen LogP) is 13.9. The molecule has 0 amide bonds. The minimum Gasteiger partial charge on any atom is -0.291 e. The number of para-hydroxylation sites is 1. The molecule has 12 rings (SSSR count). The largest absolute Gasteiger partial charge is 0.291 e. The SMILES string of the molecule is c1ccc(-c2ccc(-c3nc4sc5ccccc5c4nc3-n3c4ccccc4c4c5c6ccc7ccccc7c6sc5c5ccccc5c43)cc2)cc1. The van der Waals surface area contributed by atoms with Gasteiger partial charge in [-0.05, 0) is 34.0 Å². The molecule has 0 atom stereocenters. The summed E-state index contributed by atoms with van der Waals surface area (Å²) in [6, 6.07) is 59.1. The number of aromatic nitrogens is 3. The van der Waals surface area contributed by atoms with Crippen molar-refractivity contribution in [1.82, 2.24) is 14.5 Å². The molecular formula is C48H27N3S2. The molecule has 246 valence electrons. The van der Waals surface area contributed by atoms with Gasteiger partial charge in [-0.2, -0.15) is 0 Å². The van der Waals surface area contributed by atoms with E-state index in [4.69, 9.17) is 9.97 Å². The van der Waals surface area contributed by atoms with Gasteiger partial charge in [0, 0.05) is 57.4 Å². The second-order valence-corrected chi connectivity index (χ2v) is 15.7. The van der Waals surface area contributed by atoms with Gasteiger partial charge >= 0.3 is 0 Å². The molecule has 0 aliphatic heterocycles. The molecule has 0 radical (unpaired) electrons. The molecule has 8 aromatic carbocycles. The lowest BCUT2D eigenvalue weighted by molar-refractivity contribution is 1.09. The van der Waals surface area contributed by atoms with Gasteiger partial charge in [0.25, 0.3) is 0 Å². The van der Waals surface area contributed by atoms with Crippen LogP contribution in [0.3, 0.4) is 0 Å². The van der Waals surface area contributed by atoms with E-state index >= 15 is 0 Å². The minimum absolute atomic E-state index is 0.842. The Kier molecular flexibility index (Phi) is 6.09. The van der Waals surface area contributed by atoms with Crippen LogP contribution in [0.25, 0.3) is 112 Å². The molecule has 5 heteroatoms. The maximum Gasteiger partial charge on any atom is 0.165 e. The lowest BCUT2D eigenvalue weighted by atomic mass is 9.98. The Morgan fingerprint density at radius 2 is 1.08 bits per heavy atom. The van der Waals surface area contributed by atoms with Crippen LogP contribution in [0.15, 0.2) is 164 Å². The van der Waals surface area contributed by atoms with Crippen molar-refractivity contribution in [2.45, 2.75) is 0 Å². The summed E-state index contributed by atoms with van der Waals surface area (Å²) in [6.07, 6.45) is 0. The highest BCUT2D eigenvalue weighted by Crippen LogP contribution is 2.50. The summed E-state index contributed by atoms with van der Waals surface area (Å²) in [6.45, 7) is 0. The molecule has 0 bridgehead atoms. The van der Waals surface area contributed by atoms with Crippen LogP contribution in [0.4, 0.5) is 0 Å². The van der Waals surface area contributed by atoms with Gasteiger partial charge in [-0.25, -0.2) is 9.97 Å². The highest BCUT2D eigenvalue weighted by atomic mass is 32.1. The molecule has 0 saturated heterocycles. The van der Waals surface area contributed by atoms with Gasteiger partial charge in [0.05, 0.1) is 11.0 Å². The van der Waals surface area contributed by atoms with Crippen LogP contribution in [-0.4, -0.2) is 14.5 Å². The van der Waals surface area contributed by atoms with Crippen molar-refractivity contribution in [2.75, 3.05) is 0 Å². The van der Waals surface area contributed by atoms with Crippen molar-refractivity contribution in [3.63, 3.8) is 0 Å². The van der Waals surface area contributed by atoms with E-state index in [1.54, 1.807) is 11.3 Å². The summed E-state index contributed by atoms with van der Waals surface area (Å²) >= 11 is 3.63. The van der Waals surface area contributed by atoms with E-state index in [1.807, 2.05) is 11.3 Å². The van der Waals surface area contributed by atoms with Crippen molar-refractivity contribution in [3.05, 3.63) is 164 Å². The highest BCUT2D eigenvalue weighted by Gasteiger charge is 2.25. The third kappa shape index (κ3) is 4.15. The summed E-state index contributed by atoms with van der Waals surface area (Å²) in [4.78, 5) is 12.1. The van der Waals surface area contributed by atoms with Crippen molar-refractivity contribution in [1.29, 1.82) is 0 Å². The molecule has 0 unspecified atom stereocenters. The van der Waals surface area contributed by atoms with Crippen LogP contribution < -0.4 is 0 Å². The molecule has 3 nitrogen and oxygen atoms in total. The molecule has 0 fully saturated rings.